The Balaban J connectivity index is 1.33. The number of hydrogen-bond donors (Lipinski definition) is 1. The van der Waals surface area contributed by atoms with E-state index >= 15 is 0 Å². The summed E-state index contributed by atoms with van der Waals surface area (Å²) in [5.74, 6) is -0.882. The van der Waals surface area contributed by atoms with Gasteiger partial charge in [-0.1, -0.05) is 30.3 Å². The minimum Gasteiger partial charge on any atom is -0.452 e. The zero-order valence-electron chi connectivity index (χ0n) is 16.2. The molecule has 1 amide bonds. The summed E-state index contributed by atoms with van der Waals surface area (Å²) in [6, 6.07) is 17.3. The lowest BCUT2D eigenvalue weighted by Crippen LogP contribution is -2.30. The van der Waals surface area contributed by atoms with Gasteiger partial charge in [-0.25, -0.2) is 4.98 Å². The molecule has 4 rings (SSSR count). The van der Waals surface area contributed by atoms with Crippen molar-refractivity contribution in [3.63, 3.8) is 0 Å². The first-order valence-electron chi connectivity index (χ1n) is 9.42. The Morgan fingerprint density at radius 2 is 1.93 bits per heavy atom. The number of nitrogens with one attached hydrogen (secondary N) is 1. The lowest BCUT2D eigenvalue weighted by Gasteiger charge is -2.13. The number of aromatic nitrogens is 2. The number of benzene rings is 2. The number of ether oxygens (including phenoxy) is 1. The second-order valence-electron chi connectivity index (χ2n) is 6.75. The molecule has 0 saturated heterocycles. The smallest absolute Gasteiger partial charge is 0.312 e. The average molecular weight is 417 g/mol. The quantitative estimate of drug-likeness (QED) is 0.468. The van der Waals surface area contributed by atoms with Gasteiger partial charge in [0.15, 0.2) is 6.10 Å². The van der Waals surface area contributed by atoms with Crippen molar-refractivity contribution in [2.24, 2.45) is 0 Å². The number of nitrogens with zero attached hydrogens (tertiary/aromatic N) is 2. The maximum absolute atomic E-state index is 12.4. The van der Waals surface area contributed by atoms with Crippen LogP contribution in [0.3, 0.4) is 0 Å². The summed E-state index contributed by atoms with van der Waals surface area (Å²) < 4.78 is 5.29. The van der Waals surface area contributed by atoms with E-state index < -0.39 is 12.1 Å². The molecule has 2 heterocycles. The molecule has 0 unspecified atom stereocenters. The molecule has 0 bridgehead atoms. The van der Waals surface area contributed by atoms with Gasteiger partial charge in [-0.2, -0.15) is 0 Å². The molecule has 0 fully saturated rings. The molecule has 1 atom stereocenters. The predicted molar refractivity (Wildman–Crippen MR) is 117 cm³/mol. The van der Waals surface area contributed by atoms with Gasteiger partial charge >= 0.3 is 5.97 Å². The summed E-state index contributed by atoms with van der Waals surface area (Å²) in [7, 11) is 0. The van der Waals surface area contributed by atoms with E-state index in [0.29, 0.717) is 11.4 Å². The maximum atomic E-state index is 12.4. The van der Waals surface area contributed by atoms with Gasteiger partial charge in [0, 0.05) is 29.0 Å². The number of carbonyl (C=O) groups excluding carboxylic acids is 2. The first-order valence-corrected chi connectivity index (χ1v) is 10.3. The van der Waals surface area contributed by atoms with Crippen LogP contribution in [0.15, 0.2) is 72.4 Å². The van der Waals surface area contributed by atoms with Gasteiger partial charge in [-0.3, -0.25) is 14.6 Å². The zero-order valence-corrected chi connectivity index (χ0v) is 17.1. The minimum atomic E-state index is -0.916. The Morgan fingerprint density at radius 3 is 2.73 bits per heavy atom. The van der Waals surface area contributed by atoms with Crippen LogP contribution in [-0.2, 0) is 20.7 Å². The summed E-state index contributed by atoms with van der Waals surface area (Å²) in [6.07, 6.45) is 2.50. The number of esters is 1. The molecular formula is C23H19N3O3S. The van der Waals surface area contributed by atoms with Gasteiger partial charge in [-0.05, 0) is 42.0 Å². The number of carbonyl (C=O) groups is 2. The van der Waals surface area contributed by atoms with Crippen molar-refractivity contribution in [1.29, 1.82) is 0 Å². The molecule has 0 aliphatic rings. The summed E-state index contributed by atoms with van der Waals surface area (Å²) >= 11 is 1.43. The van der Waals surface area contributed by atoms with Crippen LogP contribution in [0, 0.1) is 0 Å². The Labute approximate surface area is 177 Å². The molecular weight excluding hydrogens is 398 g/mol. The summed E-state index contributed by atoms with van der Waals surface area (Å²) in [6.45, 7) is 1.55. The molecule has 1 N–H and O–H groups in total. The summed E-state index contributed by atoms with van der Waals surface area (Å²) in [5, 5.41) is 7.49. The Kier molecular flexibility index (Phi) is 5.81. The number of anilines is 1. The fourth-order valence-corrected chi connectivity index (χ4v) is 3.77. The Bertz CT molecular complexity index is 1190. The molecule has 2 aromatic heterocycles. The third kappa shape index (κ3) is 4.69. The van der Waals surface area contributed by atoms with Crippen LogP contribution in [0.2, 0.25) is 0 Å². The van der Waals surface area contributed by atoms with Gasteiger partial charge in [0.1, 0.15) is 5.01 Å². The van der Waals surface area contributed by atoms with Gasteiger partial charge in [0.05, 0.1) is 12.1 Å². The SMILES string of the molecule is C[C@@H](OC(=O)Cc1csc(-c2cccnc2)n1)C(=O)Nc1ccc2ccccc2c1. The van der Waals surface area contributed by atoms with Gasteiger partial charge in [0.2, 0.25) is 0 Å². The van der Waals surface area contributed by atoms with Crippen molar-refractivity contribution < 1.29 is 14.3 Å². The first kappa shape index (κ1) is 19.7. The third-order valence-electron chi connectivity index (χ3n) is 4.48. The first-order chi connectivity index (χ1) is 14.6. The molecule has 6 nitrogen and oxygen atoms in total. The predicted octanol–water partition coefficient (Wildman–Crippen LogP) is 4.47. The maximum Gasteiger partial charge on any atom is 0.312 e. The largest absolute Gasteiger partial charge is 0.452 e. The highest BCUT2D eigenvalue weighted by atomic mass is 32.1. The van der Waals surface area contributed by atoms with Crippen molar-refractivity contribution in [3.05, 3.63) is 78.1 Å². The van der Waals surface area contributed by atoms with Crippen molar-refractivity contribution in [2.75, 3.05) is 5.32 Å². The lowest BCUT2D eigenvalue weighted by molar-refractivity contribution is -0.152. The van der Waals surface area contributed by atoms with Crippen molar-refractivity contribution in [1.82, 2.24) is 9.97 Å². The monoisotopic (exact) mass is 417 g/mol. The van der Waals surface area contributed by atoms with Gasteiger partial charge in [-0.15, -0.1) is 11.3 Å². The van der Waals surface area contributed by atoms with Crippen molar-refractivity contribution in [2.45, 2.75) is 19.4 Å². The normalized spacial score (nSPS) is 11.8. The standard InChI is InChI=1S/C23H19N3O3S/c1-15(22(28)25-19-9-8-16-5-2-3-6-17(16)11-19)29-21(27)12-20-14-30-23(26-20)18-7-4-10-24-13-18/h2-11,13-15H,12H2,1H3,(H,25,28)/t15-/m1/s1. The molecule has 0 aliphatic heterocycles. The summed E-state index contributed by atoms with van der Waals surface area (Å²) in [4.78, 5) is 33.2. The van der Waals surface area contributed by atoms with Crippen LogP contribution >= 0.6 is 11.3 Å². The highest BCUT2D eigenvalue weighted by Gasteiger charge is 2.19. The van der Waals surface area contributed by atoms with E-state index in [2.05, 4.69) is 15.3 Å². The molecule has 4 aromatic rings. The van der Waals surface area contributed by atoms with Gasteiger partial charge in [0.25, 0.3) is 5.91 Å². The minimum absolute atomic E-state index is 0.00432. The van der Waals surface area contributed by atoms with Crippen LogP contribution in [0.5, 0.6) is 0 Å². The molecule has 150 valence electrons. The number of amides is 1. The molecule has 2 aromatic carbocycles. The van der Waals surface area contributed by atoms with E-state index in [1.165, 1.54) is 11.3 Å². The summed E-state index contributed by atoms with van der Waals surface area (Å²) in [5.41, 5.74) is 2.15. The topological polar surface area (TPSA) is 81.2 Å². The fraction of sp³-hybridized carbons (Fsp3) is 0.130. The number of hydrogen-bond acceptors (Lipinski definition) is 6. The molecule has 0 spiro atoms. The van der Waals surface area contributed by atoms with E-state index in [1.807, 2.05) is 60.0 Å². The molecule has 7 heteroatoms. The number of pyridine rings is 1. The third-order valence-corrected chi connectivity index (χ3v) is 5.42. The second-order valence-corrected chi connectivity index (χ2v) is 7.60. The van der Waals surface area contributed by atoms with Gasteiger partial charge < -0.3 is 10.1 Å². The van der Waals surface area contributed by atoms with Crippen molar-refractivity contribution >= 4 is 39.7 Å². The highest BCUT2D eigenvalue weighted by Crippen LogP contribution is 2.23. The van der Waals surface area contributed by atoms with Crippen LogP contribution in [0.4, 0.5) is 5.69 Å². The van der Waals surface area contributed by atoms with E-state index in [9.17, 15) is 9.59 Å². The Hall–Kier alpha value is -3.58. The van der Waals surface area contributed by atoms with Crippen LogP contribution < -0.4 is 5.32 Å². The number of fused-ring (bicyclic) bond motifs is 1. The number of rotatable bonds is 6. The van der Waals surface area contributed by atoms with Crippen LogP contribution in [0.1, 0.15) is 12.6 Å². The highest BCUT2D eigenvalue weighted by molar-refractivity contribution is 7.13. The molecule has 0 saturated carbocycles. The number of thiazole rings is 1. The van der Waals surface area contributed by atoms with Crippen LogP contribution in [0.25, 0.3) is 21.3 Å². The van der Waals surface area contributed by atoms with E-state index in [1.54, 1.807) is 19.3 Å². The Morgan fingerprint density at radius 1 is 1.10 bits per heavy atom. The van der Waals surface area contributed by atoms with E-state index in [0.717, 1.165) is 21.3 Å². The van der Waals surface area contributed by atoms with E-state index in [-0.39, 0.29) is 12.3 Å². The average Bonchev–Trinajstić information content (AvgIpc) is 3.22. The fourth-order valence-electron chi connectivity index (χ4n) is 2.96. The molecule has 0 aliphatic carbocycles. The second kappa shape index (κ2) is 8.84. The molecule has 30 heavy (non-hydrogen) atoms. The van der Waals surface area contributed by atoms with E-state index in [4.69, 9.17) is 4.74 Å². The van der Waals surface area contributed by atoms with Crippen molar-refractivity contribution in [3.8, 4) is 10.6 Å². The van der Waals surface area contributed by atoms with Crippen LogP contribution in [-0.4, -0.2) is 27.9 Å². The lowest BCUT2D eigenvalue weighted by atomic mass is 10.1. The zero-order chi connectivity index (χ0) is 20.9. The molecule has 0 radical (unpaired) electrons.